The normalized spacial score (nSPS) is 12.6. The molecule has 1 aliphatic rings. The van der Waals surface area contributed by atoms with Gasteiger partial charge in [-0.3, -0.25) is 4.79 Å². The molecule has 1 N–H and O–H groups in total. The Labute approximate surface area is 145 Å². The van der Waals surface area contributed by atoms with Crippen LogP contribution in [0, 0.1) is 0 Å². The number of carbonyl (C=O) groups excluding carboxylic acids is 2. The molecule has 1 heterocycles. The maximum atomic E-state index is 12.6. The first-order chi connectivity index (χ1) is 12.3. The van der Waals surface area contributed by atoms with E-state index in [1.807, 2.05) is 0 Å². The molecular weight excluding hydrogens is 355 g/mol. The lowest BCUT2D eigenvalue weighted by Gasteiger charge is -2.10. The van der Waals surface area contributed by atoms with Gasteiger partial charge in [0.2, 0.25) is 6.79 Å². The van der Waals surface area contributed by atoms with Crippen LogP contribution < -0.4 is 14.8 Å². The van der Waals surface area contributed by atoms with Gasteiger partial charge in [-0.2, -0.15) is 13.2 Å². The highest BCUT2D eigenvalue weighted by Crippen LogP contribution is 2.33. The van der Waals surface area contributed by atoms with Gasteiger partial charge in [-0.1, -0.05) is 6.07 Å². The van der Waals surface area contributed by atoms with Gasteiger partial charge in [0.25, 0.3) is 5.91 Å². The van der Waals surface area contributed by atoms with Crippen molar-refractivity contribution >= 4 is 17.6 Å². The Morgan fingerprint density at radius 2 is 1.85 bits per heavy atom. The van der Waals surface area contributed by atoms with Crippen LogP contribution >= 0.6 is 0 Å². The third-order valence-electron chi connectivity index (χ3n) is 3.42. The van der Waals surface area contributed by atoms with Gasteiger partial charge in [0, 0.05) is 5.69 Å². The van der Waals surface area contributed by atoms with Gasteiger partial charge in [0.05, 0.1) is 11.1 Å². The number of halogens is 3. The molecule has 0 atom stereocenters. The van der Waals surface area contributed by atoms with Gasteiger partial charge in [-0.25, -0.2) is 4.79 Å². The van der Waals surface area contributed by atoms with E-state index in [-0.39, 0.29) is 18.0 Å². The number of rotatable bonds is 4. The number of benzene rings is 2. The molecule has 0 bridgehead atoms. The molecule has 3 rings (SSSR count). The fourth-order valence-electron chi connectivity index (χ4n) is 2.21. The van der Waals surface area contributed by atoms with Crippen molar-refractivity contribution in [2.45, 2.75) is 6.18 Å². The maximum absolute atomic E-state index is 12.6. The number of alkyl halides is 3. The number of ether oxygens (including phenoxy) is 3. The molecule has 2 aromatic carbocycles. The Morgan fingerprint density at radius 1 is 1.08 bits per heavy atom. The van der Waals surface area contributed by atoms with Crippen molar-refractivity contribution < 1.29 is 37.0 Å². The van der Waals surface area contributed by atoms with Crippen molar-refractivity contribution in [3.63, 3.8) is 0 Å². The van der Waals surface area contributed by atoms with Gasteiger partial charge in [-0.05, 0) is 36.4 Å². The SMILES string of the molecule is O=C(COC(=O)c1ccc2c(c1)OCO2)Nc1cccc(C(F)(F)F)c1. The number of hydrogen-bond donors (Lipinski definition) is 1. The van der Waals surface area contributed by atoms with Crippen molar-refractivity contribution in [1.82, 2.24) is 0 Å². The minimum Gasteiger partial charge on any atom is -0.454 e. The molecule has 6 nitrogen and oxygen atoms in total. The number of anilines is 1. The predicted molar refractivity (Wildman–Crippen MR) is 82.9 cm³/mol. The molecule has 0 spiro atoms. The van der Waals surface area contributed by atoms with Crippen LogP contribution in [0.4, 0.5) is 18.9 Å². The van der Waals surface area contributed by atoms with Gasteiger partial charge < -0.3 is 19.5 Å². The Bertz CT molecular complexity index is 851. The molecule has 0 saturated heterocycles. The van der Waals surface area contributed by atoms with E-state index in [1.54, 1.807) is 0 Å². The number of fused-ring (bicyclic) bond motifs is 1. The highest BCUT2D eigenvalue weighted by Gasteiger charge is 2.30. The van der Waals surface area contributed by atoms with Crippen LogP contribution in [0.25, 0.3) is 0 Å². The van der Waals surface area contributed by atoms with Crippen LogP contribution in [-0.4, -0.2) is 25.3 Å². The predicted octanol–water partition coefficient (Wildman–Crippen LogP) is 3.23. The summed E-state index contributed by atoms with van der Waals surface area (Å²) in [6, 6.07) is 8.52. The van der Waals surface area contributed by atoms with Gasteiger partial charge in [0.15, 0.2) is 18.1 Å². The lowest BCUT2D eigenvalue weighted by molar-refractivity contribution is -0.137. The summed E-state index contributed by atoms with van der Waals surface area (Å²) in [4.78, 5) is 23.7. The minimum atomic E-state index is -4.52. The first kappa shape index (κ1) is 17.6. The molecule has 26 heavy (non-hydrogen) atoms. The van der Waals surface area contributed by atoms with Crippen molar-refractivity contribution in [2.24, 2.45) is 0 Å². The minimum absolute atomic E-state index is 0.0488. The van der Waals surface area contributed by atoms with E-state index < -0.39 is 30.2 Å². The largest absolute Gasteiger partial charge is 0.454 e. The third kappa shape index (κ3) is 4.05. The molecule has 9 heteroatoms. The molecule has 0 fully saturated rings. The van der Waals surface area contributed by atoms with Crippen LogP contribution in [0.15, 0.2) is 42.5 Å². The Balaban J connectivity index is 1.56. The molecule has 0 unspecified atom stereocenters. The summed E-state index contributed by atoms with van der Waals surface area (Å²) in [5.41, 5.74) is -0.794. The number of hydrogen-bond acceptors (Lipinski definition) is 5. The molecule has 2 aromatic rings. The Morgan fingerprint density at radius 3 is 2.62 bits per heavy atom. The van der Waals surface area contributed by atoms with Gasteiger partial charge >= 0.3 is 12.1 Å². The average molecular weight is 367 g/mol. The standard InChI is InChI=1S/C17H12F3NO5/c18-17(19,20)11-2-1-3-12(7-11)21-15(22)8-24-16(23)10-4-5-13-14(6-10)26-9-25-13/h1-7H,8-9H2,(H,21,22). The third-order valence-corrected chi connectivity index (χ3v) is 3.42. The summed E-state index contributed by atoms with van der Waals surface area (Å²) in [6.07, 6.45) is -4.52. The summed E-state index contributed by atoms with van der Waals surface area (Å²) < 4.78 is 53.0. The first-order valence-corrected chi connectivity index (χ1v) is 7.37. The second-order valence-electron chi connectivity index (χ2n) is 5.27. The zero-order valence-corrected chi connectivity index (χ0v) is 13.1. The fraction of sp³-hybridized carbons (Fsp3) is 0.176. The quantitative estimate of drug-likeness (QED) is 0.840. The zero-order chi connectivity index (χ0) is 18.7. The van der Waals surface area contributed by atoms with Crippen molar-refractivity contribution in [1.29, 1.82) is 0 Å². The molecular formula is C17H12F3NO5. The zero-order valence-electron chi connectivity index (χ0n) is 13.1. The highest BCUT2D eigenvalue weighted by atomic mass is 19.4. The maximum Gasteiger partial charge on any atom is 0.416 e. The number of esters is 1. The summed E-state index contributed by atoms with van der Waals surface area (Å²) in [5, 5.41) is 2.24. The van der Waals surface area contributed by atoms with E-state index in [9.17, 15) is 22.8 Å². The molecule has 1 aliphatic heterocycles. The fourth-order valence-corrected chi connectivity index (χ4v) is 2.21. The topological polar surface area (TPSA) is 73.9 Å². The summed E-state index contributed by atoms with van der Waals surface area (Å²) in [7, 11) is 0. The molecule has 0 saturated carbocycles. The Kier molecular flexibility index (Phi) is 4.70. The van der Waals surface area contributed by atoms with E-state index in [4.69, 9.17) is 14.2 Å². The first-order valence-electron chi connectivity index (χ1n) is 7.37. The highest BCUT2D eigenvalue weighted by molar-refractivity contribution is 5.95. The van der Waals surface area contributed by atoms with Crippen LogP contribution in [0.1, 0.15) is 15.9 Å². The molecule has 136 valence electrons. The molecule has 0 radical (unpaired) electrons. The van der Waals surface area contributed by atoms with Crippen LogP contribution in [0.5, 0.6) is 11.5 Å². The van der Waals surface area contributed by atoms with Crippen molar-refractivity contribution in [3.8, 4) is 11.5 Å². The number of nitrogens with one attached hydrogen (secondary N) is 1. The van der Waals surface area contributed by atoms with Crippen LogP contribution in [0.3, 0.4) is 0 Å². The average Bonchev–Trinajstić information content (AvgIpc) is 3.07. The second-order valence-corrected chi connectivity index (χ2v) is 5.27. The smallest absolute Gasteiger partial charge is 0.416 e. The van der Waals surface area contributed by atoms with E-state index in [1.165, 1.54) is 24.3 Å². The van der Waals surface area contributed by atoms with E-state index in [0.29, 0.717) is 11.5 Å². The van der Waals surface area contributed by atoms with E-state index >= 15 is 0 Å². The van der Waals surface area contributed by atoms with Gasteiger partial charge in [-0.15, -0.1) is 0 Å². The summed E-state index contributed by atoms with van der Waals surface area (Å²) in [6.45, 7) is -0.600. The number of carbonyl (C=O) groups is 2. The van der Waals surface area contributed by atoms with Crippen molar-refractivity contribution in [3.05, 3.63) is 53.6 Å². The molecule has 1 amide bonds. The second kappa shape index (κ2) is 6.95. The van der Waals surface area contributed by atoms with E-state index in [2.05, 4.69) is 5.32 Å². The van der Waals surface area contributed by atoms with Crippen LogP contribution in [-0.2, 0) is 15.7 Å². The lowest BCUT2D eigenvalue weighted by Crippen LogP contribution is -2.21. The van der Waals surface area contributed by atoms with E-state index in [0.717, 1.165) is 18.2 Å². The van der Waals surface area contributed by atoms with Crippen LogP contribution in [0.2, 0.25) is 0 Å². The lowest BCUT2D eigenvalue weighted by atomic mass is 10.2. The molecule has 0 aliphatic carbocycles. The monoisotopic (exact) mass is 367 g/mol. The van der Waals surface area contributed by atoms with Crippen molar-refractivity contribution in [2.75, 3.05) is 18.7 Å². The summed E-state index contributed by atoms with van der Waals surface area (Å²) >= 11 is 0. The summed E-state index contributed by atoms with van der Waals surface area (Å²) in [5.74, 6) is -0.669. The Hall–Kier alpha value is -3.23. The molecule has 0 aromatic heterocycles. The number of amides is 1. The van der Waals surface area contributed by atoms with Gasteiger partial charge in [0.1, 0.15) is 0 Å².